The van der Waals surface area contributed by atoms with Crippen LogP contribution < -0.4 is 4.74 Å². The van der Waals surface area contributed by atoms with Gasteiger partial charge in [-0.25, -0.2) is 0 Å². The Morgan fingerprint density at radius 3 is 2.40 bits per heavy atom. The highest BCUT2D eigenvalue weighted by Gasteiger charge is 2.21. The number of methoxy groups -OCH3 is 1. The highest BCUT2D eigenvalue weighted by molar-refractivity contribution is 6.17. The van der Waals surface area contributed by atoms with Gasteiger partial charge in [0.15, 0.2) is 5.78 Å². The Bertz CT molecular complexity index is 1220. The van der Waals surface area contributed by atoms with Crippen molar-refractivity contribution in [3.05, 3.63) is 100 Å². The molecule has 152 valence electrons. The van der Waals surface area contributed by atoms with Crippen molar-refractivity contribution < 1.29 is 14.6 Å². The maximum atomic E-state index is 13.4. The molecule has 0 saturated carbocycles. The zero-order chi connectivity index (χ0) is 21.3. The second-order valence-corrected chi connectivity index (χ2v) is 7.60. The van der Waals surface area contributed by atoms with E-state index in [1.54, 1.807) is 7.11 Å². The van der Waals surface area contributed by atoms with E-state index in [9.17, 15) is 9.90 Å². The van der Waals surface area contributed by atoms with Crippen molar-refractivity contribution in [3.8, 4) is 5.75 Å². The van der Waals surface area contributed by atoms with Gasteiger partial charge in [-0.05, 0) is 37.1 Å². The molecule has 4 rings (SSSR count). The molecule has 1 N–H and O–H groups in total. The molecule has 0 saturated heterocycles. The molecule has 0 atom stereocenters. The lowest BCUT2D eigenvalue weighted by Gasteiger charge is -2.11. The van der Waals surface area contributed by atoms with Crippen LogP contribution in [0, 0.1) is 13.8 Å². The van der Waals surface area contributed by atoms with E-state index in [0.717, 1.165) is 44.6 Å². The van der Waals surface area contributed by atoms with Gasteiger partial charge in [-0.15, -0.1) is 0 Å². The average molecular weight is 399 g/mol. The Morgan fingerprint density at radius 2 is 1.70 bits per heavy atom. The summed E-state index contributed by atoms with van der Waals surface area (Å²) < 4.78 is 7.59. The summed E-state index contributed by atoms with van der Waals surface area (Å²) >= 11 is 0. The fourth-order valence-corrected chi connectivity index (χ4v) is 3.93. The minimum atomic E-state index is 0.00420. The van der Waals surface area contributed by atoms with Crippen LogP contribution >= 0.6 is 0 Å². The summed E-state index contributed by atoms with van der Waals surface area (Å²) in [6, 6.07) is 21.4. The predicted molar refractivity (Wildman–Crippen MR) is 119 cm³/mol. The predicted octanol–water partition coefficient (Wildman–Crippen LogP) is 5.04. The van der Waals surface area contributed by atoms with E-state index < -0.39 is 0 Å². The van der Waals surface area contributed by atoms with Gasteiger partial charge in [0.25, 0.3) is 0 Å². The van der Waals surface area contributed by atoms with Gasteiger partial charge in [0.1, 0.15) is 5.75 Å². The Balaban J connectivity index is 1.88. The summed E-state index contributed by atoms with van der Waals surface area (Å²) in [5.41, 5.74) is 6.33. The van der Waals surface area contributed by atoms with Crippen molar-refractivity contribution in [2.24, 2.45) is 0 Å². The molecule has 0 radical (unpaired) electrons. The van der Waals surface area contributed by atoms with Gasteiger partial charge in [-0.2, -0.15) is 0 Å². The third-order valence-electron chi connectivity index (χ3n) is 5.59. The first-order chi connectivity index (χ1) is 14.5. The normalized spacial score (nSPS) is 11.1. The fraction of sp³-hybridized carbons (Fsp3) is 0.192. The summed E-state index contributed by atoms with van der Waals surface area (Å²) in [7, 11) is 1.64. The number of hydrogen-bond acceptors (Lipinski definition) is 3. The van der Waals surface area contributed by atoms with Crippen LogP contribution in [0.1, 0.15) is 38.3 Å². The second-order valence-electron chi connectivity index (χ2n) is 7.60. The number of ketones is 1. The maximum absolute atomic E-state index is 13.4. The van der Waals surface area contributed by atoms with Crippen molar-refractivity contribution >= 4 is 16.7 Å². The largest absolute Gasteiger partial charge is 0.497 e. The minimum absolute atomic E-state index is 0.00420. The zero-order valence-corrected chi connectivity index (χ0v) is 17.5. The lowest BCUT2D eigenvalue weighted by molar-refractivity contribution is 0.103. The first kappa shape index (κ1) is 19.9. The van der Waals surface area contributed by atoms with Crippen LogP contribution in [0.5, 0.6) is 5.75 Å². The van der Waals surface area contributed by atoms with Crippen LogP contribution in [-0.2, 0) is 13.2 Å². The van der Waals surface area contributed by atoms with Crippen LogP contribution in [-0.4, -0.2) is 22.6 Å². The number of hydrogen-bond donors (Lipinski definition) is 1. The number of ether oxygens (including phenoxy) is 1. The Morgan fingerprint density at radius 1 is 0.967 bits per heavy atom. The molecular formula is C26H25NO3. The molecule has 3 aromatic carbocycles. The van der Waals surface area contributed by atoms with Crippen molar-refractivity contribution in [3.63, 3.8) is 0 Å². The fourth-order valence-electron chi connectivity index (χ4n) is 3.93. The highest BCUT2D eigenvalue weighted by atomic mass is 16.5. The summed E-state index contributed by atoms with van der Waals surface area (Å²) in [5.74, 6) is 0.769. The molecule has 0 aliphatic carbocycles. The molecule has 0 bridgehead atoms. The number of rotatable bonds is 6. The zero-order valence-electron chi connectivity index (χ0n) is 17.5. The van der Waals surface area contributed by atoms with E-state index >= 15 is 0 Å². The van der Waals surface area contributed by atoms with E-state index in [4.69, 9.17) is 4.74 Å². The Labute approximate surface area is 176 Å². The Hall–Kier alpha value is -3.37. The first-order valence-electron chi connectivity index (χ1n) is 9.98. The number of carbonyl (C=O) groups excluding carboxylic acids is 1. The number of aliphatic hydroxyl groups excluding tert-OH is 1. The lowest BCUT2D eigenvalue weighted by Crippen LogP contribution is -2.06. The molecule has 0 aliphatic rings. The minimum Gasteiger partial charge on any atom is -0.497 e. The molecule has 0 amide bonds. The highest BCUT2D eigenvalue weighted by Crippen LogP contribution is 2.32. The summed E-state index contributed by atoms with van der Waals surface area (Å²) in [5, 5.41) is 10.4. The summed E-state index contributed by atoms with van der Waals surface area (Å²) in [4.78, 5) is 13.4. The number of nitrogens with zero attached hydrogens (tertiary/aromatic N) is 1. The SMILES string of the molecule is COc1ccc2c(C(=O)c3ccc(C)cc3)c(C)n(Cc3cccc(CO)c3)c2c1. The first-order valence-corrected chi connectivity index (χ1v) is 9.98. The van der Waals surface area contributed by atoms with Gasteiger partial charge in [0.2, 0.25) is 0 Å². The van der Waals surface area contributed by atoms with E-state index in [2.05, 4.69) is 4.57 Å². The van der Waals surface area contributed by atoms with Gasteiger partial charge < -0.3 is 14.4 Å². The standard InChI is InChI=1S/C26H25NO3/c1-17-7-9-21(10-8-17)26(29)25-18(2)27(15-19-5-4-6-20(13-19)16-28)24-14-22(30-3)11-12-23(24)25/h4-14,28H,15-16H2,1-3H3. The number of aliphatic hydroxyl groups is 1. The van der Waals surface area contributed by atoms with Gasteiger partial charge in [-0.3, -0.25) is 4.79 Å². The van der Waals surface area contributed by atoms with Gasteiger partial charge in [-0.1, -0.05) is 54.1 Å². The molecule has 4 nitrogen and oxygen atoms in total. The van der Waals surface area contributed by atoms with Crippen molar-refractivity contribution in [1.29, 1.82) is 0 Å². The van der Waals surface area contributed by atoms with Crippen molar-refractivity contribution in [2.45, 2.75) is 27.0 Å². The summed E-state index contributed by atoms with van der Waals surface area (Å²) in [6.07, 6.45) is 0. The number of carbonyl (C=O) groups is 1. The quantitative estimate of drug-likeness (QED) is 0.462. The van der Waals surface area contributed by atoms with E-state index in [0.29, 0.717) is 12.1 Å². The molecule has 0 unspecified atom stereocenters. The molecule has 1 heterocycles. The van der Waals surface area contributed by atoms with Crippen molar-refractivity contribution in [1.82, 2.24) is 4.57 Å². The number of benzene rings is 3. The van der Waals surface area contributed by atoms with Crippen LogP contribution in [0.2, 0.25) is 0 Å². The molecule has 0 fully saturated rings. The number of aryl methyl sites for hydroxylation is 1. The average Bonchev–Trinajstić information content (AvgIpc) is 3.04. The molecule has 0 spiro atoms. The van der Waals surface area contributed by atoms with Crippen LogP contribution in [0.3, 0.4) is 0 Å². The monoisotopic (exact) mass is 399 g/mol. The molecule has 30 heavy (non-hydrogen) atoms. The molecule has 0 aliphatic heterocycles. The third-order valence-corrected chi connectivity index (χ3v) is 5.59. The summed E-state index contributed by atoms with van der Waals surface area (Å²) in [6.45, 7) is 4.61. The van der Waals surface area contributed by atoms with Gasteiger partial charge in [0, 0.05) is 29.3 Å². The third kappa shape index (κ3) is 3.62. The molecular weight excluding hydrogens is 374 g/mol. The van der Waals surface area contributed by atoms with Crippen LogP contribution in [0.4, 0.5) is 0 Å². The Kier molecular flexibility index (Phi) is 5.42. The van der Waals surface area contributed by atoms with Gasteiger partial charge in [0.05, 0.1) is 24.8 Å². The van der Waals surface area contributed by atoms with Gasteiger partial charge >= 0.3 is 0 Å². The van der Waals surface area contributed by atoms with E-state index in [1.165, 1.54) is 0 Å². The molecule has 4 aromatic rings. The number of aromatic nitrogens is 1. The topological polar surface area (TPSA) is 51.5 Å². The number of fused-ring (bicyclic) bond motifs is 1. The lowest BCUT2D eigenvalue weighted by atomic mass is 9.99. The molecule has 4 heteroatoms. The van der Waals surface area contributed by atoms with Crippen LogP contribution in [0.25, 0.3) is 10.9 Å². The maximum Gasteiger partial charge on any atom is 0.195 e. The van der Waals surface area contributed by atoms with Crippen molar-refractivity contribution in [2.75, 3.05) is 7.11 Å². The second kappa shape index (κ2) is 8.17. The van der Waals surface area contributed by atoms with E-state index in [-0.39, 0.29) is 12.4 Å². The van der Waals surface area contributed by atoms with E-state index in [1.807, 2.05) is 80.6 Å². The smallest absolute Gasteiger partial charge is 0.195 e. The van der Waals surface area contributed by atoms with Crippen LogP contribution in [0.15, 0.2) is 66.7 Å². The molecule has 1 aromatic heterocycles.